The molecule has 100 valence electrons. The van der Waals surface area contributed by atoms with Crippen LogP contribution in [-0.4, -0.2) is 28.0 Å². The van der Waals surface area contributed by atoms with Gasteiger partial charge in [-0.2, -0.15) is 0 Å². The third-order valence-electron chi connectivity index (χ3n) is 2.83. The molecule has 2 N–H and O–H groups in total. The van der Waals surface area contributed by atoms with E-state index < -0.39 is 0 Å². The second kappa shape index (κ2) is 5.00. The van der Waals surface area contributed by atoms with Gasteiger partial charge < -0.3 is 15.0 Å². The van der Waals surface area contributed by atoms with E-state index in [9.17, 15) is 4.79 Å². The fourth-order valence-corrected chi connectivity index (χ4v) is 1.88. The van der Waals surface area contributed by atoms with Gasteiger partial charge in [0, 0.05) is 6.20 Å². The second-order valence-electron chi connectivity index (χ2n) is 4.11. The standard InChI is InChI=1S/C14H12N4O2/c1-20-11-7-3-2-5-9(11)17-14(19)13-16-10-6-4-8-15-12(10)18-13/h2-8H,1H3,(H,17,19)(H,15,16,18). The zero-order chi connectivity index (χ0) is 13.9. The molecule has 20 heavy (non-hydrogen) atoms. The fraction of sp³-hybridized carbons (Fsp3) is 0.0714. The van der Waals surface area contributed by atoms with Crippen molar-refractivity contribution in [2.24, 2.45) is 0 Å². The number of H-pyrrole nitrogens is 1. The number of para-hydroxylation sites is 2. The molecule has 6 nitrogen and oxygen atoms in total. The number of pyridine rings is 1. The van der Waals surface area contributed by atoms with E-state index in [0.717, 1.165) is 5.52 Å². The molecule has 0 radical (unpaired) electrons. The highest BCUT2D eigenvalue weighted by molar-refractivity contribution is 6.03. The van der Waals surface area contributed by atoms with Crippen LogP contribution in [0.3, 0.4) is 0 Å². The summed E-state index contributed by atoms with van der Waals surface area (Å²) in [5.41, 5.74) is 1.82. The number of carbonyl (C=O) groups is 1. The van der Waals surface area contributed by atoms with Crippen LogP contribution in [0.15, 0.2) is 42.6 Å². The van der Waals surface area contributed by atoms with Crippen LogP contribution < -0.4 is 10.1 Å². The van der Waals surface area contributed by atoms with Crippen LogP contribution in [0.1, 0.15) is 10.6 Å². The summed E-state index contributed by atoms with van der Waals surface area (Å²) in [4.78, 5) is 23.3. The van der Waals surface area contributed by atoms with Gasteiger partial charge in [0.2, 0.25) is 0 Å². The van der Waals surface area contributed by atoms with Crippen molar-refractivity contribution in [2.45, 2.75) is 0 Å². The lowest BCUT2D eigenvalue weighted by atomic mass is 10.3. The minimum atomic E-state index is -0.340. The highest BCUT2D eigenvalue weighted by Gasteiger charge is 2.13. The molecule has 0 aliphatic rings. The first-order chi connectivity index (χ1) is 9.78. The molecule has 1 amide bonds. The van der Waals surface area contributed by atoms with Crippen molar-refractivity contribution in [3.05, 3.63) is 48.4 Å². The molecule has 0 saturated carbocycles. The summed E-state index contributed by atoms with van der Waals surface area (Å²) in [7, 11) is 1.55. The highest BCUT2D eigenvalue weighted by atomic mass is 16.5. The Labute approximate surface area is 114 Å². The summed E-state index contributed by atoms with van der Waals surface area (Å²) in [6, 6.07) is 10.8. The SMILES string of the molecule is COc1ccccc1NC(=O)c1nc2ncccc2[nH]1. The van der Waals surface area contributed by atoms with Gasteiger partial charge in [0.05, 0.1) is 18.3 Å². The monoisotopic (exact) mass is 268 g/mol. The highest BCUT2D eigenvalue weighted by Crippen LogP contribution is 2.23. The number of anilines is 1. The van der Waals surface area contributed by atoms with E-state index in [0.29, 0.717) is 17.1 Å². The van der Waals surface area contributed by atoms with Crippen molar-refractivity contribution < 1.29 is 9.53 Å². The second-order valence-corrected chi connectivity index (χ2v) is 4.11. The molecular formula is C14H12N4O2. The first-order valence-corrected chi connectivity index (χ1v) is 6.03. The van der Waals surface area contributed by atoms with E-state index in [1.807, 2.05) is 18.2 Å². The Morgan fingerprint density at radius 2 is 2.10 bits per heavy atom. The van der Waals surface area contributed by atoms with Crippen molar-refractivity contribution in [3.63, 3.8) is 0 Å². The van der Waals surface area contributed by atoms with E-state index in [-0.39, 0.29) is 11.7 Å². The number of carbonyl (C=O) groups excluding carboxylic acids is 1. The average molecular weight is 268 g/mol. The predicted molar refractivity (Wildman–Crippen MR) is 74.8 cm³/mol. The Hall–Kier alpha value is -2.89. The molecule has 0 aliphatic carbocycles. The van der Waals surface area contributed by atoms with Crippen molar-refractivity contribution in [1.29, 1.82) is 0 Å². The molecule has 0 unspecified atom stereocenters. The minimum absolute atomic E-state index is 0.213. The molecule has 3 aromatic rings. The summed E-state index contributed by atoms with van der Waals surface area (Å²) in [5, 5.41) is 2.75. The molecule has 0 fully saturated rings. The van der Waals surface area contributed by atoms with Gasteiger partial charge in [0.1, 0.15) is 5.75 Å². The third-order valence-corrected chi connectivity index (χ3v) is 2.83. The molecule has 0 atom stereocenters. The number of nitrogens with one attached hydrogen (secondary N) is 2. The van der Waals surface area contributed by atoms with E-state index in [1.54, 1.807) is 31.5 Å². The number of hydrogen-bond acceptors (Lipinski definition) is 4. The number of rotatable bonds is 3. The Bertz CT molecular complexity index is 733. The summed E-state index contributed by atoms with van der Waals surface area (Å²) in [6.45, 7) is 0. The zero-order valence-corrected chi connectivity index (χ0v) is 10.8. The molecule has 2 aromatic heterocycles. The fourth-order valence-electron chi connectivity index (χ4n) is 1.88. The third kappa shape index (κ3) is 2.18. The van der Waals surface area contributed by atoms with E-state index in [1.165, 1.54) is 0 Å². The van der Waals surface area contributed by atoms with Gasteiger partial charge in [-0.3, -0.25) is 4.79 Å². The van der Waals surface area contributed by atoms with Crippen LogP contribution in [0.25, 0.3) is 11.2 Å². The summed E-state index contributed by atoms with van der Waals surface area (Å²) < 4.78 is 5.18. The number of aromatic nitrogens is 3. The van der Waals surface area contributed by atoms with Gasteiger partial charge in [0.25, 0.3) is 5.91 Å². The number of fused-ring (bicyclic) bond motifs is 1. The maximum atomic E-state index is 12.2. The molecule has 1 aromatic carbocycles. The molecular weight excluding hydrogens is 256 g/mol. The lowest BCUT2D eigenvalue weighted by Gasteiger charge is -2.08. The van der Waals surface area contributed by atoms with Gasteiger partial charge in [-0.15, -0.1) is 0 Å². The van der Waals surface area contributed by atoms with Crippen LogP contribution in [0.5, 0.6) is 5.75 Å². The van der Waals surface area contributed by atoms with Crippen molar-refractivity contribution in [2.75, 3.05) is 12.4 Å². The molecule has 2 heterocycles. The molecule has 6 heteroatoms. The number of benzene rings is 1. The van der Waals surface area contributed by atoms with Gasteiger partial charge in [-0.1, -0.05) is 12.1 Å². The first kappa shape index (κ1) is 12.2. The molecule has 0 saturated heterocycles. The topological polar surface area (TPSA) is 79.9 Å². The van der Waals surface area contributed by atoms with Gasteiger partial charge >= 0.3 is 0 Å². The number of hydrogen-bond donors (Lipinski definition) is 2. The minimum Gasteiger partial charge on any atom is -0.495 e. The van der Waals surface area contributed by atoms with Crippen molar-refractivity contribution in [1.82, 2.24) is 15.0 Å². The molecule has 3 rings (SSSR count). The average Bonchev–Trinajstić information content (AvgIpc) is 2.92. The largest absolute Gasteiger partial charge is 0.495 e. The van der Waals surface area contributed by atoms with Gasteiger partial charge in [-0.25, -0.2) is 9.97 Å². The summed E-state index contributed by atoms with van der Waals surface area (Å²) in [6.07, 6.45) is 1.63. The predicted octanol–water partition coefficient (Wildman–Crippen LogP) is 2.22. The van der Waals surface area contributed by atoms with Crippen molar-refractivity contribution >= 4 is 22.8 Å². The van der Waals surface area contributed by atoms with Crippen LogP contribution in [0.2, 0.25) is 0 Å². The Morgan fingerprint density at radius 3 is 2.90 bits per heavy atom. The number of imidazole rings is 1. The maximum Gasteiger partial charge on any atom is 0.291 e. The number of aromatic amines is 1. The zero-order valence-electron chi connectivity index (χ0n) is 10.8. The van der Waals surface area contributed by atoms with Crippen molar-refractivity contribution in [3.8, 4) is 5.75 Å². The van der Waals surface area contributed by atoms with Gasteiger partial charge in [-0.05, 0) is 24.3 Å². The van der Waals surface area contributed by atoms with E-state index >= 15 is 0 Å². The number of amides is 1. The van der Waals surface area contributed by atoms with Gasteiger partial charge in [0.15, 0.2) is 11.5 Å². The van der Waals surface area contributed by atoms with Crippen LogP contribution in [0, 0.1) is 0 Å². The quantitative estimate of drug-likeness (QED) is 0.763. The van der Waals surface area contributed by atoms with E-state index in [2.05, 4.69) is 20.3 Å². The molecule has 0 spiro atoms. The van der Waals surface area contributed by atoms with Crippen LogP contribution in [0.4, 0.5) is 5.69 Å². The number of nitrogens with zero attached hydrogens (tertiary/aromatic N) is 2. The maximum absolute atomic E-state index is 12.2. The normalized spacial score (nSPS) is 10.4. The molecule has 0 aliphatic heterocycles. The Kier molecular flexibility index (Phi) is 3.04. The first-order valence-electron chi connectivity index (χ1n) is 6.03. The Morgan fingerprint density at radius 1 is 1.25 bits per heavy atom. The number of ether oxygens (including phenoxy) is 1. The van der Waals surface area contributed by atoms with Crippen LogP contribution >= 0.6 is 0 Å². The smallest absolute Gasteiger partial charge is 0.291 e. The Balaban J connectivity index is 1.89. The molecule has 0 bridgehead atoms. The lowest BCUT2D eigenvalue weighted by molar-refractivity contribution is 0.101. The van der Waals surface area contributed by atoms with Crippen LogP contribution in [-0.2, 0) is 0 Å². The summed E-state index contributed by atoms with van der Waals surface area (Å²) in [5.74, 6) is 0.465. The van der Waals surface area contributed by atoms with E-state index in [4.69, 9.17) is 4.74 Å². The number of methoxy groups -OCH3 is 1. The lowest BCUT2D eigenvalue weighted by Crippen LogP contribution is -2.14. The summed E-state index contributed by atoms with van der Waals surface area (Å²) >= 11 is 0.